The van der Waals surface area contributed by atoms with Crippen molar-refractivity contribution in [2.75, 3.05) is 20.3 Å². The van der Waals surface area contributed by atoms with Gasteiger partial charge in [0, 0.05) is 24.4 Å². The first-order valence-electron chi connectivity index (χ1n) is 12.4. The van der Waals surface area contributed by atoms with Gasteiger partial charge in [-0.25, -0.2) is 4.79 Å². The second-order valence-electron chi connectivity index (χ2n) is 8.96. The van der Waals surface area contributed by atoms with Crippen LogP contribution in [0.5, 0.6) is 11.5 Å². The number of benzene rings is 3. The lowest BCUT2D eigenvalue weighted by Crippen LogP contribution is -2.27. The van der Waals surface area contributed by atoms with E-state index in [9.17, 15) is 9.90 Å². The van der Waals surface area contributed by atoms with Gasteiger partial charge in [0.1, 0.15) is 6.61 Å². The lowest BCUT2D eigenvalue weighted by atomic mass is 9.98. The number of aromatic nitrogens is 2. The van der Waals surface area contributed by atoms with Gasteiger partial charge < -0.3 is 24.4 Å². The molecule has 1 aliphatic rings. The molecule has 0 bridgehead atoms. The summed E-state index contributed by atoms with van der Waals surface area (Å²) in [6, 6.07) is 21.5. The number of ether oxygens (including phenoxy) is 2. The van der Waals surface area contributed by atoms with E-state index in [1.165, 1.54) is 35.4 Å². The van der Waals surface area contributed by atoms with Gasteiger partial charge in [0.2, 0.25) is 11.7 Å². The summed E-state index contributed by atoms with van der Waals surface area (Å²) in [7, 11) is 1.49. The fraction of sp³-hybridized carbons (Fsp3) is 0.276. The third kappa shape index (κ3) is 5.43. The number of fused-ring (bicyclic) bond motifs is 3. The molecule has 2 N–H and O–H groups in total. The molecule has 37 heavy (non-hydrogen) atoms. The summed E-state index contributed by atoms with van der Waals surface area (Å²) in [5.41, 5.74) is 5.53. The van der Waals surface area contributed by atoms with Crippen LogP contribution in [0.3, 0.4) is 0 Å². The number of unbranched alkanes of at least 4 members (excludes halogenated alkanes) is 2. The molecule has 0 radical (unpaired) electrons. The zero-order valence-corrected chi connectivity index (χ0v) is 20.6. The van der Waals surface area contributed by atoms with Crippen LogP contribution in [0.2, 0.25) is 0 Å². The Balaban J connectivity index is 1.02. The van der Waals surface area contributed by atoms with Gasteiger partial charge in [-0.05, 0) is 53.3 Å². The van der Waals surface area contributed by atoms with Crippen LogP contribution < -0.4 is 10.1 Å². The number of nitrogens with one attached hydrogen (secondary N) is 1. The van der Waals surface area contributed by atoms with Gasteiger partial charge >= 0.3 is 6.09 Å². The number of methoxy groups -OCH3 is 1. The molecule has 1 aliphatic carbocycles. The molecule has 0 unspecified atom stereocenters. The maximum absolute atomic E-state index is 12.3. The molecule has 0 spiro atoms. The van der Waals surface area contributed by atoms with Gasteiger partial charge in [0.25, 0.3) is 0 Å². The van der Waals surface area contributed by atoms with Gasteiger partial charge in [0.15, 0.2) is 11.5 Å². The Labute approximate surface area is 215 Å². The number of phenols is 1. The summed E-state index contributed by atoms with van der Waals surface area (Å²) in [5, 5.41) is 16.6. The molecule has 190 valence electrons. The highest BCUT2D eigenvalue weighted by Crippen LogP contribution is 2.44. The summed E-state index contributed by atoms with van der Waals surface area (Å²) in [6.45, 7) is 0.853. The zero-order valence-electron chi connectivity index (χ0n) is 20.6. The van der Waals surface area contributed by atoms with E-state index in [0.717, 1.165) is 19.3 Å². The van der Waals surface area contributed by atoms with Crippen LogP contribution in [-0.2, 0) is 11.2 Å². The number of phenolic OH excluding ortho intramolecular Hbond substituents is 1. The maximum atomic E-state index is 12.3. The predicted octanol–water partition coefficient (Wildman–Crippen LogP) is 5.70. The Morgan fingerprint density at radius 1 is 1.00 bits per heavy atom. The number of rotatable bonds is 10. The highest BCUT2D eigenvalue weighted by Gasteiger charge is 2.28. The third-order valence-corrected chi connectivity index (χ3v) is 6.59. The number of hydrogen-bond acceptors (Lipinski definition) is 7. The second-order valence-corrected chi connectivity index (χ2v) is 8.96. The van der Waals surface area contributed by atoms with Crippen molar-refractivity contribution in [1.29, 1.82) is 0 Å². The van der Waals surface area contributed by atoms with Crippen LogP contribution >= 0.6 is 0 Å². The average molecular weight is 500 g/mol. The van der Waals surface area contributed by atoms with Crippen LogP contribution in [0.1, 0.15) is 42.2 Å². The number of aromatic hydroxyl groups is 1. The Hall–Kier alpha value is -4.33. The first-order chi connectivity index (χ1) is 18.1. The molecule has 0 aliphatic heterocycles. The van der Waals surface area contributed by atoms with Crippen LogP contribution in [0.25, 0.3) is 22.5 Å². The van der Waals surface area contributed by atoms with Gasteiger partial charge in [-0.3, -0.25) is 0 Å². The van der Waals surface area contributed by atoms with E-state index >= 15 is 0 Å². The van der Waals surface area contributed by atoms with Crippen molar-refractivity contribution in [1.82, 2.24) is 15.5 Å². The highest BCUT2D eigenvalue weighted by atomic mass is 16.5. The van der Waals surface area contributed by atoms with Crippen LogP contribution in [0.15, 0.2) is 71.3 Å². The van der Waals surface area contributed by atoms with E-state index in [4.69, 9.17) is 14.0 Å². The molecule has 1 aromatic heterocycles. The molecule has 0 fully saturated rings. The molecule has 8 heteroatoms. The summed E-state index contributed by atoms with van der Waals surface area (Å²) >= 11 is 0. The number of carbonyl (C=O) groups excluding carboxylic acids is 1. The van der Waals surface area contributed by atoms with Crippen molar-refractivity contribution >= 4 is 6.09 Å². The molecular weight excluding hydrogens is 470 g/mol. The topological polar surface area (TPSA) is 107 Å². The van der Waals surface area contributed by atoms with Gasteiger partial charge in [-0.1, -0.05) is 60.1 Å². The Kier molecular flexibility index (Phi) is 7.35. The molecule has 4 aromatic rings. The molecular formula is C29H29N3O5. The number of amides is 1. The Bertz CT molecular complexity index is 1340. The van der Waals surface area contributed by atoms with E-state index in [1.807, 2.05) is 24.3 Å². The quantitative estimate of drug-likeness (QED) is 0.270. The molecule has 3 aromatic carbocycles. The van der Waals surface area contributed by atoms with E-state index in [-0.39, 0.29) is 11.7 Å². The van der Waals surface area contributed by atoms with E-state index < -0.39 is 6.09 Å². The average Bonchev–Trinajstić information content (AvgIpc) is 3.52. The van der Waals surface area contributed by atoms with Gasteiger partial charge in [0.05, 0.1) is 7.11 Å². The lowest BCUT2D eigenvalue weighted by molar-refractivity contribution is 0.143. The minimum absolute atomic E-state index is 0.0557. The smallest absolute Gasteiger partial charge is 0.407 e. The molecule has 1 amide bonds. The summed E-state index contributed by atoms with van der Waals surface area (Å²) < 4.78 is 16.0. The van der Waals surface area contributed by atoms with Crippen molar-refractivity contribution in [2.24, 2.45) is 0 Å². The zero-order chi connectivity index (χ0) is 25.6. The van der Waals surface area contributed by atoms with Gasteiger partial charge in [-0.2, -0.15) is 4.98 Å². The third-order valence-electron chi connectivity index (χ3n) is 6.59. The fourth-order valence-corrected chi connectivity index (χ4v) is 4.71. The summed E-state index contributed by atoms with van der Waals surface area (Å²) in [6.07, 6.45) is 2.82. The second kappa shape index (κ2) is 11.2. The van der Waals surface area contributed by atoms with E-state index in [2.05, 4.69) is 39.7 Å². The maximum Gasteiger partial charge on any atom is 0.407 e. The SMILES string of the molecule is COc1cc(-c2noc(CCCCCNC(=O)OCC3c4ccccc4-c4ccccc43)n2)ccc1O. The minimum atomic E-state index is -0.396. The minimum Gasteiger partial charge on any atom is -0.504 e. The number of aryl methyl sites for hydroxylation is 1. The number of nitrogens with zero attached hydrogens (tertiary/aromatic N) is 2. The largest absolute Gasteiger partial charge is 0.504 e. The van der Waals surface area contributed by atoms with Crippen LogP contribution in [0.4, 0.5) is 4.79 Å². The van der Waals surface area contributed by atoms with Crippen molar-refractivity contribution in [3.8, 4) is 34.0 Å². The fourth-order valence-electron chi connectivity index (χ4n) is 4.71. The lowest BCUT2D eigenvalue weighted by Gasteiger charge is -2.14. The molecule has 0 saturated carbocycles. The van der Waals surface area contributed by atoms with Crippen molar-refractivity contribution in [3.05, 3.63) is 83.7 Å². The van der Waals surface area contributed by atoms with Crippen LogP contribution in [-0.4, -0.2) is 41.6 Å². The first kappa shape index (κ1) is 24.4. The number of hydrogen-bond donors (Lipinski definition) is 2. The van der Waals surface area contributed by atoms with Crippen molar-refractivity contribution in [2.45, 2.75) is 31.6 Å². The molecule has 5 rings (SSSR count). The normalized spacial score (nSPS) is 12.1. The Morgan fingerprint density at radius 3 is 2.46 bits per heavy atom. The molecule has 0 atom stereocenters. The highest BCUT2D eigenvalue weighted by molar-refractivity contribution is 5.79. The van der Waals surface area contributed by atoms with Gasteiger partial charge in [-0.15, -0.1) is 0 Å². The molecule has 8 nitrogen and oxygen atoms in total. The summed E-state index contributed by atoms with van der Waals surface area (Å²) in [5.74, 6) is 1.46. The van der Waals surface area contributed by atoms with E-state index in [0.29, 0.717) is 42.6 Å². The number of carbonyl (C=O) groups is 1. The van der Waals surface area contributed by atoms with Crippen molar-refractivity contribution < 1.29 is 23.9 Å². The predicted molar refractivity (Wildman–Crippen MR) is 139 cm³/mol. The molecule has 0 saturated heterocycles. The van der Waals surface area contributed by atoms with Crippen LogP contribution in [0, 0.1) is 0 Å². The van der Waals surface area contributed by atoms with Crippen molar-refractivity contribution in [3.63, 3.8) is 0 Å². The standard InChI is InChI=1S/C29H29N3O5/c1-35-26-17-19(14-15-25(26)33)28-31-27(37-32-28)13-3-2-8-16-30-29(34)36-18-24-22-11-6-4-9-20(22)21-10-5-7-12-23(21)24/h4-7,9-12,14-15,17,24,33H,2-3,8,13,16,18H2,1H3,(H,30,34). The number of alkyl carbamates (subject to hydrolysis) is 1. The Morgan fingerprint density at radius 2 is 1.73 bits per heavy atom. The first-order valence-corrected chi connectivity index (χ1v) is 12.4. The molecule has 1 heterocycles. The summed E-state index contributed by atoms with van der Waals surface area (Å²) in [4.78, 5) is 16.7. The van der Waals surface area contributed by atoms with E-state index in [1.54, 1.807) is 12.1 Å². The monoisotopic (exact) mass is 499 g/mol.